The smallest absolute Gasteiger partial charge is 0.229 e. The molecule has 1 aliphatic heterocycles. The van der Waals surface area contributed by atoms with Crippen LogP contribution in [-0.2, 0) is 13.0 Å². The molecule has 0 saturated heterocycles. The van der Waals surface area contributed by atoms with Crippen molar-refractivity contribution in [3.05, 3.63) is 35.5 Å². The molecule has 1 fully saturated rings. The lowest BCUT2D eigenvalue weighted by atomic mass is 10.0. The fourth-order valence-corrected chi connectivity index (χ4v) is 3.04. The van der Waals surface area contributed by atoms with Crippen LogP contribution in [0.15, 0.2) is 24.4 Å². The van der Waals surface area contributed by atoms with Gasteiger partial charge in [0.2, 0.25) is 5.95 Å². The number of anilines is 4. The molecule has 2 aromatic rings. The van der Waals surface area contributed by atoms with Crippen molar-refractivity contribution in [2.75, 3.05) is 29.5 Å². The summed E-state index contributed by atoms with van der Waals surface area (Å²) in [6, 6.07) is 6.91. The van der Waals surface area contributed by atoms with Crippen LogP contribution in [0.5, 0.6) is 0 Å². The number of nitrogens with one attached hydrogen (secondary N) is 5. The Balaban J connectivity index is 1.55. The number of fused-ring (bicyclic) bond motifs is 1. The summed E-state index contributed by atoms with van der Waals surface area (Å²) < 4.78 is 0. The lowest BCUT2D eigenvalue weighted by molar-refractivity contribution is 0.644. The van der Waals surface area contributed by atoms with Crippen LogP contribution in [0.4, 0.5) is 23.1 Å². The highest BCUT2D eigenvalue weighted by Gasteiger charge is 2.23. The van der Waals surface area contributed by atoms with Gasteiger partial charge in [0, 0.05) is 25.3 Å². The third-order valence-electron chi connectivity index (χ3n) is 4.53. The quantitative estimate of drug-likeness (QED) is 0.514. The maximum absolute atomic E-state index is 5.19. The molecule has 8 heteroatoms. The van der Waals surface area contributed by atoms with Gasteiger partial charge in [-0.05, 0) is 61.3 Å². The molecule has 4 rings (SSSR count). The largest absolute Gasteiger partial charge is 0.366 e. The van der Waals surface area contributed by atoms with Gasteiger partial charge in [-0.15, -0.1) is 0 Å². The molecule has 0 bridgehead atoms. The number of hydrogen-bond donors (Lipinski definition) is 5. The van der Waals surface area contributed by atoms with Gasteiger partial charge >= 0.3 is 0 Å². The molecule has 136 valence electrons. The number of rotatable bonds is 5. The highest BCUT2D eigenvalue weighted by atomic mass is 32.1. The van der Waals surface area contributed by atoms with Crippen molar-refractivity contribution >= 4 is 40.5 Å². The van der Waals surface area contributed by atoms with E-state index in [2.05, 4.69) is 54.8 Å². The molecule has 1 saturated carbocycles. The first-order valence-corrected chi connectivity index (χ1v) is 9.34. The van der Waals surface area contributed by atoms with Gasteiger partial charge in [0.15, 0.2) is 10.9 Å². The van der Waals surface area contributed by atoms with E-state index in [1.807, 2.05) is 0 Å². The summed E-state index contributed by atoms with van der Waals surface area (Å²) >= 11 is 5.19. The molecule has 1 aromatic carbocycles. The van der Waals surface area contributed by atoms with Crippen LogP contribution in [0.25, 0.3) is 0 Å². The van der Waals surface area contributed by atoms with Crippen molar-refractivity contribution in [2.24, 2.45) is 0 Å². The predicted octanol–water partition coefficient (Wildman–Crippen LogP) is 2.36. The summed E-state index contributed by atoms with van der Waals surface area (Å²) in [4.78, 5) is 9.09. The van der Waals surface area contributed by atoms with Gasteiger partial charge in [0.05, 0.1) is 6.20 Å². The number of thiocarbonyl (C=S) groups is 1. The van der Waals surface area contributed by atoms with Gasteiger partial charge in [-0.25, -0.2) is 4.98 Å². The molecule has 2 heterocycles. The topological polar surface area (TPSA) is 85.9 Å². The van der Waals surface area contributed by atoms with Crippen molar-refractivity contribution in [3.63, 3.8) is 0 Å². The Morgan fingerprint density at radius 1 is 1.27 bits per heavy atom. The minimum atomic E-state index is 0.484. The zero-order chi connectivity index (χ0) is 17.9. The highest BCUT2D eigenvalue weighted by Crippen LogP contribution is 2.29. The van der Waals surface area contributed by atoms with E-state index in [0.29, 0.717) is 17.1 Å². The SMILES string of the molecule is CNC(=S)Nc1cnc(Nc2ccc3c(c2)CCNC3)nc1NC1CC1. The molecular formula is C18H23N7S. The number of benzene rings is 1. The fourth-order valence-electron chi connectivity index (χ4n) is 2.93. The van der Waals surface area contributed by atoms with E-state index < -0.39 is 0 Å². The molecule has 1 aromatic heterocycles. The standard InChI is InChI=1S/C18H23N7S/c1-19-18(26)24-15-10-21-17(25-16(15)22-13-4-5-13)23-14-3-2-12-9-20-7-6-11(12)8-14/h2-3,8,10,13,20H,4-7,9H2,1H3,(H2,19,24,26)(H2,21,22,23,25). The van der Waals surface area contributed by atoms with Crippen LogP contribution in [-0.4, -0.2) is 34.7 Å². The van der Waals surface area contributed by atoms with Crippen LogP contribution in [0.1, 0.15) is 24.0 Å². The second-order valence-electron chi connectivity index (χ2n) is 6.61. The van der Waals surface area contributed by atoms with Crippen LogP contribution < -0.4 is 26.6 Å². The molecule has 7 nitrogen and oxygen atoms in total. The summed E-state index contributed by atoms with van der Waals surface area (Å²) in [6.07, 6.45) is 5.14. The summed E-state index contributed by atoms with van der Waals surface area (Å²) in [7, 11) is 1.78. The molecule has 26 heavy (non-hydrogen) atoms. The molecule has 0 atom stereocenters. The van der Waals surface area contributed by atoms with E-state index in [4.69, 9.17) is 12.2 Å². The van der Waals surface area contributed by atoms with Crippen molar-refractivity contribution in [1.29, 1.82) is 0 Å². The summed E-state index contributed by atoms with van der Waals surface area (Å²) in [5.74, 6) is 1.34. The Hall–Kier alpha value is -2.45. The summed E-state index contributed by atoms with van der Waals surface area (Å²) in [6.45, 7) is 1.96. The first kappa shape index (κ1) is 17.0. The normalized spacial score (nSPS) is 15.7. The van der Waals surface area contributed by atoms with Crippen molar-refractivity contribution in [2.45, 2.75) is 31.8 Å². The number of aromatic nitrogens is 2. The van der Waals surface area contributed by atoms with E-state index in [1.165, 1.54) is 24.0 Å². The average molecular weight is 369 g/mol. The van der Waals surface area contributed by atoms with Crippen molar-refractivity contribution in [3.8, 4) is 0 Å². The zero-order valence-electron chi connectivity index (χ0n) is 14.7. The number of nitrogens with zero attached hydrogens (tertiary/aromatic N) is 2. The van der Waals surface area contributed by atoms with E-state index in [9.17, 15) is 0 Å². The lowest BCUT2D eigenvalue weighted by Crippen LogP contribution is -2.25. The Morgan fingerprint density at radius 3 is 2.96 bits per heavy atom. The predicted molar refractivity (Wildman–Crippen MR) is 109 cm³/mol. The Morgan fingerprint density at radius 2 is 2.15 bits per heavy atom. The van der Waals surface area contributed by atoms with E-state index in [-0.39, 0.29) is 0 Å². The van der Waals surface area contributed by atoms with Crippen molar-refractivity contribution < 1.29 is 0 Å². The Kier molecular flexibility index (Phi) is 4.85. The van der Waals surface area contributed by atoms with Gasteiger partial charge < -0.3 is 26.6 Å². The van der Waals surface area contributed by atoms with E-state index in [0.717, 1.165) is 36.7 Å². The molecule has 0 spiro atoms. The summed E-state index contributed by atoms with van der Waals surface area (Å²) in [5.41, 5.74) is 4.52. The van der Waals surface area contributed by atoms with E-state index in [1.54, 1.807) is 13.2 Å². The van der Waals surface area contributed by atoms with Crippen molar-refractivity contribution in [1.82, 2.24) is 20.6 Å². The first-order valence-electron chi connectivity index (χ1n) is 8.93. The molecule has 5 N–H and O–H groups in total. The molecular weight excluding hydrogens is 346 g/mol. The maximum atomic E-state index is 5.19. The molecule has 2 aliphatic rings. The van der Waals surface area contributed by atoms with Gasteiger partial charge in [-0.2, -0.15) is 4.98 Å². The molecule has 0 radical (unpaired) electrons. The number of hydrogen-bond acceptors (Lipinski definition) is 6. The van der Waals surface area contributed by atoms with Gasteiger partial charge in [-0.3, -0.25) is 0 Å². The molecule has 0 unspecified atom stereocenters. The van der Waals surface area contributed by atoms with Gasteiger partial charge in [-0.1, -0.05) is 6.07 Å². The second kappa shape index (κ2) is 7.43. The highest BCUT2D eigenvalue weighted by molar-refractivity contribution is 7.80. The molecule has 0 amide bonds. The second-order valence-corrected chi connectivity index (χ2v) is 7.02. The Labute approximate surface area is 158 Å². The minimum Gasteiger partial charge on any atom is -0.366 e. The average Bonchev–Trinajstić information content (AvgIpc) is 3.47. The van der Waals surface area contributed by atoms with E-state index >= 15 is 0 Å². The minimum absolute atomic E-state index is 0.484. The van der Waals surface area contributed by atoms with Gasteiger partial charge in [0.25, 0.3) is 0 Å². The fraction of sp³-hybridized carbons (Fsp3) is 0.389. The maximum Gasteiger partial charge on any atom is 0.229 e. The Bertz CT molecular complexity index is 819. The monoisotopic (exact) mass is 369 g/mol. The third kappa shape index (κ3) is 4.03. The third-order valence-corrected chi connectivity index (χ3v) is 4.84. The lowest BCUT2D eigenvalue weighted by Gasteiger charge is -2.18. The zero-order valence-corrected chi connectivity index (χ0v) is 15.5. The van der Waals surface area contributed by atoms with Crippen LogP contribution >= 0.6 is 12.2 Å². The van der Waals surface area contributed by atoms with Crippen LogP contribution in [0.3, 0.4) is 0 Å². The van der Waals surface area contributed by atoms with Gasteiger partial charge in [0.1, 0.15) is 5.69 Å². The van der Waals surface area contributed by atoms with Crippen LogP contribution in [0.2, 0.25) is 0 Å². The summed E-state index contributed by atoms with van der Waals surface area (Å²) in [5, 5.41) is 16.7. The molecule has 1 aliphatic carbocycles. The first-order chi connectivity index (χ1) is 12.7. The van der Waals surface area contributed by atoms with Crippen LogP contribution in [0, 0.1) is 0 Å².